The topological polar surface area (TPSA) is 40.5 Å². The van der Waals surface area contributed by atoms with E-state index in [1.54, 1.807) is 11.0 Å². The Balaban J connectivity index is 1.81. The molecule has 1 N–H and O–H groups in total. The van der Waals surface area contributed by atoms with Gasteiger partial charge in [0.15, 0.2) is 0 Å². The van der Waals surface area contributed by atoms with Crippen LogP contribution >= 0.6 is 0 Å². The molecule has 0 atom stereocenters. The molecular formula is C17H21NO2. The van der Waals surface area contributed by atoms with E-state index in [1.165, 1.54) is 18.4 Å². The van der Waals surface area contributed by atoms with Gasteiger partial charge in [0, 0.05) is 13.0 Å². The van der Waals surface area contributed by atoms with Gasteiger partial charge >= 0.3 is 0 Å². The van der Waals surface area contributed by atoms with Gasteiger partial charge < -0.3 is 10.0 Å². The number of anilines is 1. The molecule has 1 aliphatic heterocycles. The van der Waals surface area contributed by atoms with E-state index < -0.39 is 0 Å². The Morgan fingerprint density at radius 3 is 2.90 bits per heavy atom. The first-order chi connectivity index (χ1) is 9.75. The second-order valence-corrected chi connectivity index (χ2v) is 5.72. The second-order valence-electron chi connectivity index (χ2n) is 5.72. The summed E-state index contributed by atoms with van der Waals surface area (Å²) in [6.07, 6.45) is 9.23. The first kappa shape index (κ1) is 13.2. The average molecular weight is 271 g/mol. The molecule has 0 saturated carbocycles. The van der Waals surface area contributed by atoms with Crippen LogP contribution in [0.4, 0.5) is 5.69 Å². The molecule has 1 heterocycles. The molecule has 1 amide bonds. The fourth-order valence-corrected chi connectivity index (χ4v) is 3.23. The summed E-state index contributed by atoms with van der Waals surface area (Å²) < 4.78 is 0. The van der Waals surface area contributed by atoms with Gasteiger partial charge in [0.1, 0.15) is 5.75 Å². The smallest absolute Gasteiger partial charge is 0.231 e. The highest BCUT2D eigenvalue weighted by molar-refractivity contribution is 5.97. The lowest BCUT2D eigenvalue weighted by Crippen LogP contribution is -2.35. The Morgan fingerprint density at radius 1 is 1.20 bits per heavy atom. The maximum absolute atomic E-state index is 12.6. The Bertz CT molecular complexity index is 548. The van der Waals surface area contributed by atoms with Gasteiger partial charge in [-0.05, 0) is 50.2 Å². The minimum absolute atomic E-state index is 0.126. The first-order valence-corrected chi connectivity index (χ1v) is 7.55. The largest absolute Gasteiger partial charge is 0.506 e. The van der Waals surface area contributed by atoms with Crippen LogP contribution in [-0.4, -0.2) is 17.6 Å². The van der Waals surface area contributed by atoms with Crippen molar-refractivity contribution in [3.05, 3.63) is 35.4 Å². The number of phenolic OH excluding ortho intramolecular Hbond substituents is 1. The summed E-state index contributed by atoms with van der Waals surface area (Å²) >= 11 is 0. The van der Waals surface area contributed by atoms with Crippen LogP contribution in [0.25, 0.3) is 0 Å². The van der Waals surface area contributed by atoms with Gasteiger partial charge in [0.25, 0.3) is 0 Å². The number of benzene rings is 1. The molecule has 106 valence electrons. The monoisotopic (exact) mass is 271 g/mol. The Kier molecular flexibility index (Phi) is 3.77. The number of hydrogen-bond donors (Lipinski definition) is 1. The molecule has 3 nitrogen and oxygen atoms in total. The summed E-state index contributed by atoms with van der Waals surface area (Å²) in [5, 5.41) is 10.1. The number of aromatic hydroxyl groups is 1. The molecule has 0 unspecified atom stereocenters. The number of allylic oxidation sites excluding steroid dienone is 1. The van der Waals surface area contributed by atoms with Crippen molar-refractivity contribution in [2.24, 2.45) is 0 Å². The minimum Gasteiger partial charge on any atom is -0.506 e. The molecule has 3 rings (SSSR count). The van der Waals surface area contributed by atoms with Crippen molar-refractivity contribution in [3.63, 3.8) is 0 Å². The standard InChI is InChI=1S/C17H21NO2/c19-15-10-4-8-14-9-5-11-18(17(14)15)16(20)12-13-6-2-1-3-7-13/h4,6,8,10,19H,1-3,5,7,9,11-12H2. The fourth-order valence-electron chi connectivity index (χ4n) is 3.23. The molecule has 0 spiro atoms. The molecule has 2 aliphatic rings. The van der Waals surface area contributed by atoms with Crippen LogP contribution in [0.15, 0.2) is 29.8 Å². The van der Waals surface area contributed by atoms with Crippen LogP contribution in [0, 0.1) is 0 Å². The zero-order valence-corrected chi connectivity index (χ0v) is 11.8. The maximum Gasteiger partial charge on any atom is 0.231 e. The third kappa shape index (κ3) is 2.58. The van der Waals surface area contributed by atoms with Crippen LogP contribution < -0.4 is 4.90 Å². The minimum atomic E-state index is 0.126. The molecule has 0 fully saturated rings. The zero-order valence-electron chi connectivity index (χ0n) is 11.8. The normalized spacial score (nSPS) is 18.4. The summed E-state index contributed by atoms with van der Waals surface area (Å²) in [6, 6.07) is 5.53. The Labute approximate surface area is 119 Å². The molecule has 0 saturated heterocycles. The number of para-hydroxylation sites is 1. The van der Waals surface area contributed by atoms with Crippen molar-refractivity contribution < 1.29 is 9.90 Å². The summed E-state index contributed by atoms with van der Waals surface area (Å²) in [5.74, 6) is 0.355. The Hall–Kier alpha value is -1.77. The molecule has 1 aromatic rings. The van der Waals surface area contributed by atoms with E-state index in [0.717, 1.165) is 43.5 Å². The summed E-state index contributed by atoms with van der Waals surface area (Å²) in [5.41, 5.74) is 3.09. The number of rotatable bonds is 2. The highest BCUT2D eigenvalue weighted by Crippen LogP contribution is 2.36. The van der Waals surface area contributed by atoms with Crippen LogP contribution in [-0.2, 0) is 11.2 Å². The molecule has 1 aliphatic carbocycles. The van der Waals surface area contributed by atoms with Crippen molar-refractivity contribution in [1.29, 1.82) is 0 Å². The van der Waals surface area contributed by atoms with E-state index >= 15 is 0 Å². The molecule has 0 bridgehead atoms. The van der Waals surface area contributed by atoms with E-state index in [0.29, 0.717) is 6.42 Å². The van der Waals surface area contributed by atoms with Gasteiger partial charge in [-0.3, -0.25) is 4.79 Å². The highest BCUT2D eigenvalue weighted by Gasteiger charge is 2.25. The molecule has 3 heteroatoms. The third-order valence-corrected chi connectivity index (χ3v) is 4.26. The van der Waals surface area contributed by atoms with Crippen molar-refractivity contribution >= 4 is 11.6 Å². The average Bonchev–Trinajstić information content (AvgIpc) is 2.48. The number of phenols is 1. The number of amides is 1. The first-order valence-electron chi connectivity index (χ1n) is 7.55. The summed E-state index contributed by atoms with van der Waals surface area (Å²) in [6.45, 7) is 0.719. The van der Waals surface area contributed by atoms with Crippen LogP contribution in [0.3, 0.4) is 0 Å². The van der Waals surface area contributed by atoms with Gasteiger partial charge in [-0.15, -0.1) is 0 Å². The van der Waals surface area contributed by atoms with E-state index in [1.807, 2.05) is 12.1 Å². The lowest BCUT2D eigenvalue weighted by molar-refractivity contribution is -0.118. The molecule has 0 aromatic heterocycles. The maximum atomic E-state index is 12.6. The van der Waals surface area contributed by atoms with Gasteiger partial charge in [0.05, 0.1) is 5.69 Å². The predicted molar refractivity (Wildman–Crippen MR) is 79.9 cm³/mol. The number of hydrogen-bond acceptors (Lipinski definition) is 2. The highest BCUT2D eigenvalue weighted by atomic mass is 16.3. The zero-order chi connectivity index (χ0) is 13.9. The van der Waals surface area contributed by atoms with Gasteiger partial charge in [-0.2, -0.15) is 0 Å². The number of carbonyl (C=O) groups excluding carboxylic acids is 1. The lowest BCUT2D eigenvalue weighted by atomic mass is 9.95. The van der Waals surface area contributed by atoms with Crippen LogP contribution in [0.1, 0.15) is 44.1 Å². The van der Waals surface area contributed by atoms with Gasteiger partial charge in [-0.25, -0.2) is 0 Å². The second kappa shape index (κ2) is 5.70. The summed E-state index contributed by atoms with van der Waals surface area (Å²) in [7, 11) is 0. The lowest BCUT2D eigenvalue weighted by Gasteiger charge is -2.30. The number of aryl methyl sites for hydroxylation is 1. The quantitative estimate of drug-likeness (QED) is 0.835. The van der Waals surface area contributed by atoms with E-state index in [2.05, 4.69) is 6.08 Å². The molecule has 20 heavy (non-hydrogen) atoms. The third-order valence-electron chi connectivity index (χ3n) is 4.26. The molecule has 0 radical (unpaired) electrons. The fraction of sp³-hybridized carbons (Fsp3) is 0.471. The van der Waals surface area contributed by atoms with Crippen LogP contribution in [0.5, 0.6) is 5.75 Å². The Morgan fingerprint density at radius 2 is 2.10 bits per heavy atom. The van der Waals surface area contributed by atoms with Crippen molar-refractivity contribution in [3.8, 4) is 5.75 Å². The van der Waals surface area contributed by atoms with Gasteiger partial charge in [-0.1, -0.05) is 23.8 Å². The molecule has 1 aromatic carbocycles. The molecular weight excluding hydrogens is 250 g/mol. The van der Waals surface area contributed by atoms with Crippen molar-refractivity contribution in [2.75, 3.05) is 11.4 Å². The van der Waals surface area contributed by atoms with E-state index in [-0.39, 0.29) is 11.7 Å². The summed E-state index contributed by atoms with van der Waals surface area (Å²) in [4.78, 5) is 14.3. The van der Waals surface area contributed by atoms with E-state index in [4.69, 9.17) is 0 Å². The van der Waals surface area contributed by atoms with E-state index in [9.17, 15) is 9.90 Å². The number of nitrogens with zero attached hydrogens (tertiary/aromatic N) is 1. The number of carbonyl (C=O) groups is 1. The van der Waals surface area contributed by atoms with Crippen molar-refractivity contribution in [1.82, 2.24) is 0 Å². The van der Waals surface area contributed by atoms with Crippen molar-refractivity contribution in [2.45, 2.75) is 44.9 Å². The SMILES string of the molecule is O=C(CC1=CCCCC1)N1CCCc2cccc(O)c21. The van der Waals surface area contributed by atoms with Gasteiger partial charge in [0.2, 0.25) is 5.91 Å². The number of fused-ring (bicyclic) bond motifs is 1. The predicted octanol–water partition coefficient (Wildman–Crippen LogP) is 3.56. The van der Waals surface area contributed by atoms with Crippen LogP contribution in [0.2, 0.25) is 0 Å².